The average molecular weight is 331 g/mol. The molecule has 126 valence electrons. The normalized spacial score (nSPS) is 12.9. The zero-order chi connectivity index (χ0) is 17.4. The zero-order valence-electron chi connectivity index (χ0n) is 15.8. The van der Waals surface area contributed by atoms with Crippen LogP contribution in [0.1, 0.15) is 57.7 Å². The Hall–Kier alpha value is -1.19. The van der Waals surface area contributed by atoms with Gasteiger partial charge in [-0.25, -0.2) is 4.98 Å². The predicted octanol–water partition coefficient (Wildman–Crippen LogP) is 5.47. The van der Waals surface area contributed by atoms with Crippen molar-refractivity contribution in [2.75, 3.05) is 14.1 Å². The monoisotopic (exact) mass is 330 g/mol. The maximum Gasteiger partial charge on any atom is 0.107 e. The molecule has 1 heterocycles. The molecule has 0 unspecified atom stereocenters. The van der Waals surface area contributed by atoms with E-state index < -0.39 is 0 Å². The molecule has 1 aromatic heterocycles. The molecule has 1 aromatic carbocycles. The lowest BCUT2D eigenvalue weighted by Crippen LogP contribution is -2.16. The van der Waals surface area contributed by atoms with Crippen LogP contribution in [0.5, 0.6) is 0 Å². The molecule has 0 atom stereocenters. The molecule has 0 radical (unpaired) electrons. The van der Waals surface area contributed by atoms with Crippen LogP contribution in [0.4, 0.5) is 0 Å². The average Bonchev–Trinajstić information content (AvgIpc) is 2.83. The van der Waals surface area contributed by atoms with Gasteiger partial charge in [-0.3, -0.25) is 0 Å². The van der Waals surface area contributed by atoms with E-state index in [0.717, 1.165) is 12.2 Å². The van der Waals surface area contributed by atoms with E-state index in [1.54, 1.807) is 11.3 Å². The highest BCUT2D eigenvalue weighted by Crippen LogP contribution is 2.34. The molecule has 0 saturated carbocycles. The van der Waals surface area contributed by atoms with Gasteiger partial charge >= 0.3 is 0 Å². The third-order valence-corrected chi connectivity index (χ3v) is 4.80. The minimum Gasteiger partial charge on any atom is -0.303 e. The first-order valence-electron chi connectivity index (χ1n) is 8.22. The third kappa shape index (κ3) is 4.65. The van der Waals surface area contributed by atoms with Gasteiger partial charge in [-0.15, -0.1) is 11.3 Å². The minimum atomic E-state index is 0.137. The van der Waals surface area contributed by atoms with Gasteiger partial charge in [0.2, 0.25) is 0 Å². The summed E-state index contributed by atoms with van der Waals surface area (Å²) in [5.74, 6) is 0. The second kappa shape index (κ2) is 6.37. The van der Waals surface area contributed by atoms with Crippen LogP contribution >= 0.6 is 11.3 Å². The summed E-state index contributed by atoms with van der Waals surface area (Å²) in [6.45, 7) is 14.5. The Bertz CT molecular complexity index is 637. The number of thiazole rings is 1. The van der Waals surface area contributed by atoms with E-state index in [1.165, 1.54) is 21.7 Å². The quantitative estimate of drug-likeness (QED) is 0.742. The lowest BCUT2D eigenvalue weighted by atomic mass is 9.79. The van der Waals surface area contributed by atoms with Crippen LogP contribution in [-0.4, -0.2) is 24.0 Å². The molecule has 0 aliphatic rings. The number of nitrogens with zero attached hydrogens (tertiary/aromatic N) is 2. The molecule has 23 heavy (non-hydrogen) atoms. The molecular formula is C20H30N2S. The number of hydrogen-bond acceptors (Lipinski definition) is 3. The fourth-order valence-electron chi connectivity index (χ4n) is 2.43. The fraction of sp³-hybridized carbons (Fsp3) is 0.550. The van der Waals surface area contributed by atoms with Gasteiger partial charge in [-0.05, 0) is 48.2 Å². The van der Waals surface area contributed by atoms with E-state index in [-0.39, 0.29) is 10.8 Å². The topological polar surface area (TPSA) is 16.1 Å². The maximum absolute atomic E-state index is 4.84. The standard InChI is InChI=1S/C20H30N2S/c1-19(2,3)15-9-14(10-16(11-15)20(4,5)6)17-13-23-18(21-17)12-22(7)8/h9-11,13H,12H2,1-8H3. The molecule has 0 bridgehead atoms. The number of rotatable bonds is 3. The van der Waals surface area contributed by atoms with Crippen molar-refractivity contribution in [2.24, 2.45) is 0 Å². The van der Waals surface area contributed by atoms with Crippen LogP contribution in [0, 0.1) is 0 Å². The SMILES string of the molecule is CN(C)Cc1nc(-c2cc(C(C)(C)C)cc(C(C)(C)C)c2)cs1. The summed E-state index contributed by atoms with van der Waals surface area (Å²) in [6.07, 6.45) is 0. The molecule has 2 rings (SSSR count). The van der Waals surface area contributed by atoms with Crippen molar-refractivity contribution in [1.29, 1.82) is 0 Å². The second-order valence-electron chi connectivity index (χ2n) is 8.66. The molecule has 0 aliphatic heterocycles. The summed E-state index contributed by atoms with van der Waals surface area (Å²) in [5.41, 5.74) is 5.37. The van der Waals surface area contributed by atoms with Crippen molar-refractivity contribution in [2.45, 2.75) is 58.9 Å². The van der Waals surface area contributed by atoms with Crippen molar-refractivity contribution in [3.05, 3.63) is 39.7 Å². The Morgan fingerprint density at radius 3 is 1.87 bits per heavy atom. The van der Waals surface area contributed by atoms with Gasteiger partial charge < -0.3 is 4.90 Å². The van der Waals surface area contributed by atoms with Gasteiger partial charge in [0.1, 0.15) is 5.01 Å². The summed E-state index contributed by atoms with van der Waals surface area (Å²) in [6, 6.07) is 6.98. The van der Waals surface area contributed by atoms with E-state index >= 15 is 0 Å². The molecular weight excluding hydrogens is 300 g/mol. The van der Waals surface area contributed by atoms with E-state index in [2.05, 4.69) is 84.1 Å². The third-order valence-electron chi connectivity index (χ3n) is 3.96. The van der Waals surface area contributed by atoms with Crippen molar-refractivity contribution in [3.8, 4) is 11.3 Å². The summed E-state index contributed by atoms with van der Waals surface area (Å²) in [7, 11) is 4.16. The Morgan fingerprint density at radius 1 is 0.913 bits per heavy atom. The molecule has 0 spiro atoms. The summed E-state index contributed by atoms with van der Waals surface area (Å²) >= 11 is 1.75. The molecule has 0 N–H and O–H groups in total. The van der Waals surface area contributed by atoms with E-state index in [1.807, 2.05) is 0 Å². The van der Waals surface area contributed by atoms with Crippen molar-refractivity contribution < 1.29 is 0 Å². The summed E-state index contributed by atoms with van der Waals surface area (Å²) < 4.78 is 0. The number of benzene rings is 1. The van der Waals surface area contributed by atoms with Crippen LogP contribution in [0.25, 0.3) is 11.3 Å². The fourth-order valence-corrected chi connectivity index (χ4v) is 3.35. The smallest absolute Gasteiger partial charge is 0.107 e. The highest BCUT2D eigenvalue weighted by molar-refractivity contribution is 7.09. The first-order valence-corrected chi connectivity index (χ1v) is 9.10. The van der Waals surface area contributed by atoms with Gasteiger partial charge in [0.25, 0.3) is 0 Å². The van der Waals surface area contributed by atoms with Gasteiger partial charge in [0.15, 0.2) is 0 Å². The van der Waals surface area contributed by atoms with Crippen LogP contribution in [0.2, 0.25) is 0 Å². The highest BCUT2D eigenvalue weighted by Gasteiger charge is 2.21. The molecule has 0 fully saturated rings. The second-order valence-corrected chi connectivity index (χ2v) is 9.61. The summed E-state index contributed by atoms with van der Waals surface area (Å²) in [5, 5.41) is 3.36. The number of hydrogen-bond donors (Lipinski definition) is 0. The molecule has 3 heteroatoms. The van der Waals surface area contributed by atoms with Gasteiger partial charge in [-0.2, -0.15) is 0 Å². The van der Waals surface area contributed by atoms with Crippen molar-refractivity contribution in [1.82, 2.24) is 9.88 Å². The lowest BCUT2D eigenvalue weighted by molar-refractivity contribution is 0.402. The van der Waals surface area contributed by atoms with E-state index in [0.29, 0.717) is 0 Å². The molecule has 2 aromatic rings. The Balaban J connectivity index is 2.51. The van der Waals surface area contributed by atoms with E-state index in [9.17, 15) is 0 Å². The molecule has 0 aliphatic carbocycles. The first-order chi connectivity index (χ1) is 10.5. The zero-order valence-corrected chi connectivity index (χ0v) is 16.6. The van der Waals surface area contributed by atoms with Crippen LogP contribution in [-0.2, 0) is 17.4 Å². The number of aromatic nitrogens is 1. The summed E-state index contributed by atoms with van der Waals surface area (Å²) in [4.78, 5) is 7.01. The van der Waals surface area contributed by atoms with Crippen LogP contribution in [0.3, 0.4) is 0 Å². The highest BCUT2D eigenvalue weighted by atomic mass is 32.1. The maximum atomic E-state index is 4.84. The lowest BCUT2D eigenvalue weighted by Gasteiger charge is -2.26. The van der Waals surface area contributed by atoms with E-state index in [4.69, 9.17) is 4.98 Å². The van der Waals surface area contributed by atoms with Crippen molar-refractivity contribution >= 4 is 11.3 Å². The van der Waals surface area contributed by atoms with Gasteiger partial charge in [0, 0.05) is 17.5 Å². The molecule has 0 amide bonds. The van der Waals surface area contributed by atoms with Crippen LogP contribution in [0.15, 0.2) is 23.6 Å². The van der Waals surface area contributed by atoms with Gasteiger partial charge in [-0.1, -0.05) is 47.6 Å². The Labute approximate surface area is 145 Å². The molecule has 2 nitrogen and oxygen atoms in total. The van der Waals surface area contributed by atoms with Crippen molar-refractivity contribution in [3.63, 3.8) is 0 Å². The first kappa shape index (κ1) is 18.2. The predicted molar refractivity (Wildman–Crippen MR) is 102 cm³/mol. The largest absolute Gasteiger partial charge is 0.303 e. The van der Waals surface area contributed by atoms with Gasteiger partial charge in [0.05, 0.1) is 5.69 Å². The molecule has 0 saturated heterocycles. The van der Waals surface area contributed by atoms with Crippen LogP contribution < -0.4 is 0 Å². The Kier molecular flexibility index (Phi) is 5.03. The minimum absolute atomic E-state index is 0.137. The Morgan fingerprint density at radius 2 is 1.43 bits per heavy atom.